The molecule has 2 saturated heterocycles. The largest absolute Gasteiger partial charge is 0.481 e. The number of fused-ring (bicyclic) bond motifs is 1. The molecule has 2 rings (SSSR count). The number of amides is 1. The number of carboxylic acid groups (broad SMARTS) is 1. The summed E-state index contributed by atoms with van der Waals surface area (Å²) in [5.41, 5.74) is -1.06. The second kappa shape index (κ2) is 3.69. The number of aliphatic carboxylic acids is 1. The number of carbonyl (C=O) groups excluding carboxylic acids is 1. The number of nitrogens with zero attached hydrogens (tertiary/aromatic N) is 1. The van der Waals surface area contributed by atoms with Crippen LogP contribution in [0.1, 0.15) is 13.3 Å². The summed E-state index contributed by atoms with van der Waals surface area (Å²) >= 11 is 0. The highest BCUT2D eigenvalue weighted by molar-refractivity contribution is 7.91. The molecule has 2 fully saturated rings. The van der Waals surface area contributed by atoms with Gasteiger partial charge in [0, 0.05) is 25.9 Å². The van der Waals surface area contributed by atoms with Gasteiger partial charge < -0.3 is 10.0 Å². The van der Waals surface area contributed by atoms with Gasteiger partial charge in [-0.3, -0.25) is 9.59 Å². The fourth-order valence-electron chi connectivity index (χ4n) is 2.79. The lowest BCUT2D eigenvalue weighted by Crippen LogP contribution is -2.47. The van der Waals surface area contributed by atoms with E-state index in [0.29, 0.717) is 0 Å². The molecule has 2 atom stereocenters. The van der Waals surface area contributed by atoms with Crippen LogP contribution in [-0.4, -0.2) is 54.9 Å². The lowest BCUT2D eigenvalue weighted by Gasteiger charge is -2.33. The zero-order valence-electron chi connectivity index (χ0n) is 9.55. The third-order valence-corrected chi connectivity index (χ3v) is 5.62. The van der Waals surface area contributed by atoms with E-state index >= 15 is 0 Å². The predicted octanol–water partition coefficient (Wildman–Crippen LogP) is -0.646. The van der Waals surface area contributed by atoms with Crippen molar-refractivity contribution in [3.63, 3.8) is 0 Å². The molecule has 2 aliphatic rings. The first-order chi connectivity index (χ1) is 7.77. The molecule has 0 aromatic heterocycles. The van der Waals surface area contributed by atoms with Crippen molar-refractivity contribution in [1.82, 2.24) is 4.90 Å². The molecule has 0 radical (unpaired) electrons. The molecular formula is C10H15NO5S. The van der Waals surface area contributed by atoms with Gasteiger partial charge in [-0.25, -0.2) is 8.42 Å². The molecule has 2 unspecified atom stereocenters. The molecule has 0 aromatic rings. The molecule has 0 bridgehead atoms. The molecule has 0 aliphatic carbocycles. The Balaban J connectivity index is 2.34. The van der Waals surface area contributed by atoms with Crippen LogP contribution in [-0.2, 0) is 19.4 Å². The second-order valence-electron chi connectivity index (χ2n) is 4.92. The summed E-state index contributed by atoms with van der Waals surface area (Å²) in [5, 5.41) is 9.34. The number of hydrogen-bond donors (Lipinski definition) is 1. The number of carbonyl (C=O) groups is 2. The number of carboxylic acids is 1. The van der Waals surface area contributed by atoms with Crippen LogP contribution in [0.15, 0.2) is 0 Å². The second-order valence-corrected chi connectivity index (χ2v) is 7.15. The minimum absolute atomic E-state index is 0.0957. The van der Waals surface area contributed by atoms with Gasteiger partial charge in [0.05, 0.1) is 16.9 Å². The monoisotopic (exact) mass is 261 g/mol. The van der Waals surface area contributed by atoms with Gasteiger partial charge in [-0.15, -0.1) is 0 Å². The van der Waals surface area contributed by atoms with E-state index in [1.54, 1.807) is 0 Å². The van der Waals surface area contributed by atoms with E-state index in [9.17, 15) is 23.1 Å². The minimum atomic E-state index is -3.16. The summed E-state index contributed by atoms with van der Waals surface area (Å²) in [6.07, 6.45) is 0.110. The Bertz CT molecular complexity index is 471. The first-order valence-electron chi connectivity index (χ1n) is 5.46. The van der Waals surface area contributed by atoms with E-state index in [1.807, 2.05) is 0 Å². The van der Waals surface area contributed by atoms with E-state index in [1.165, 1.54) is 11.8 Å². The molecule has 0 saturated carbocycles. The highest BCUT2D eigenvalue weighted by Gasteiger charge is 2.56. The van der Waals surface area contributed by atoms with Crippen molar-refractivity contribution in [3.05, 3.63) is 0 Å². The Hall–Kier alpha value is -1.11. The first-order valence-corrected chi connectivity index (χ1v) is 7.28. The van der Waals surface area contributed by atoms with Gasteiger partial charge in [-0.05, 0) is 6.42 Å². The third kappa shape index (κ3) is 1.92. The van der Waals surface area contributed by atoms with Crippen molar-refractivity contribution in [2.75, 3.05) is 24.6 Å². The van der Waals surface area contributed by atoms with Crippen LogP contribution in [0, 0.1) is 11.3 Å². The van der Waals surface area contributed by atoms with Gasteiger partial charge >= 0.3 is 5.97 Å². The SMILES string of the molecule is CC(=O)N1CC2CS(=O)(=O)CCC2(C(=O)O)C1. The minimum Gasteiger partial charge on any atom is -0.481 e. The van der Waals surface area contributed by atoms with Crippen LogP contribution in [0.25, 0.3) is 0 Å². The molecule has 6 nitrogen and oxygen atoms in total. The van der Waals surface area contributed by atoms with Crippen molar-refractivity contribution in [2.24, 2.45) is 11.3 Å². The summed E-state index contributed by atoms with van der Waals surface area (Å²) in [5.74, 6) is -1.87. The van der Waals surface area contributed by atoms with E-state index in [2.05, 4.69) is 0 Å². The van der Waals surface area contributed by atoms with Gasteiger partial charge in [-0.1, -0.05) is 0 Å². The molecular weight excluding hydrogens is 246 g/mol. The topological polar surface area (TPSA) is 91.8 Å². The summed E-state index contributed by atoms with van der Waals surface area (Å²) in [7, 11) is -3.16. The molecule has 96 valence electrons. The Morgan fingerprint density at radius 3 is 2.59 bits per heavy atom. The zero-order chi connectivity index (χ0) is 12.8. The average molecular weight is 261 g/mol. The molecule has 2 heterocycles. The number of rotatable bonds is 1. The highest BCUT2D eigenvalue weighted by Crippen LogP contribution is 2.43. The molecule has 1 N–H and O–H groups in total. The van der Waals surface area contributed by atoms with E-state index in [0.717, 1.165) is 0 Å². The van der Waals surface area contributed by atoms with Crippen LogP contribution < -0.4 is 0 Å². The lowest BCUT2D eigenvalue weighted by molar-refractivity contribution is -0.150. The molecule has 1 amide bonds. The quantitative estimate of drug-likeness (QED) is 0.677. The van der Waals surface area contributed by atoms with Crippen molar-refractivity contribution in [3.8, 4) is 0 Å². The summed E-state index contributed by atoms with van der Waals surface area (Å²) < 4.78 is 23.1. The van der Waals surface area contributed by atoms with Crippen molar-refractivity contribution < 1.29 is 23.1 Å². The maximum Gasteiger partial charge on any atom is 0.311 e. The van der Waals surface area contributed by atoms with Gasteiger partial charge in [0.2, 0.25) is 5.91 Å². The molecule has 2 aliphatic heterocycles. The lowest BCUT2D eigenvalue weighted by atomic mass is 9.76. The summed E-state index contributed by atoms with van der Waals surface area (Å²) in [6.45, 7) is 1.75. The van der Waals surface area contributed by atoms with Gasteiger partial charge in [0.25, 0.3) is 0 Å². The van der Waals surface area contributed by atoms with Crippen LogP contribution in [0.3, 0.4) is 0 Å². The Kier molecular flexibility index (Phi) is 2.68. The maximum atomic E-state index is 11.5. The standard InChI is InChI=1S/C10H15NO5S/c1-7(12)11-4-8-5-17(15,16)3-2-10(8,6-11)9(13)14/h8H,2-6H2,1H3,(H,13,14). The highest BCUT2D eigenvalue weighted by atomic mass is 32.2. The van der Waals surface area contributed by atoms with Crippen molar-refractivity contribution in [2.45, 2.75) is 13.3 Å². The van der Waals surface area contributed by atoms with Gasteiger partial charge in [0.1, 0.15) is 0 Å². The molecule has 0 aromatic carbocycles. The van der Waals surface area contributed by atoms with Gasteiger partial charge in [-0.2, -0.15) is 0 Å². The van der Waals surface area contributed by atoms with E-state index in [4.69, 9.17) is 0 Å². The van der Waals surface area contributed by atoms with Crippen molar-refractivity contribution >= 4 is 21.7 Å². The number of sulfone groups is 1. The predicted molar refractivity (Wildman–Crippen MR) is 59.1 cm³/mol. The summed E-state index contributed by atoms with van der Waals surface area (Å²) in [6, 6.07) is 0. The Labute approximate surface area is 99.5 Å². The fourth-order valence-corrected chi connectivity index (χ4v) is 4.67. The molecule has 7 heteroatoms. The Morgan fingerprint density at radius 1 is 1.41 bits per heavy atom. The zero-order valence-corrected chi connectivity index (χ0v) is 10.4. The van der Waals surface area contributed by atoms with Gasteiger partial charge in [0.15, 0.2) is 9.84 Å². The Morgan fingerprint density at radius 2 is 2.06 bits per heavy atom. The molecule has 0 spiro atoms. The first kappa shape index (κ1) is 12.3. The maximum absolute atomic E-state index is 11.5. The van der Waals surface area contributed by atoms with Crippen molar-refractivity contribution in [1.29, 1.82) is 0 Å². The molecule has 17 heavy (non-hydrogen) atoms. The van der Waals surface area contributed by atoms with Crippen LogP contribution in [0.5, 0.6) is 0 Å². The van der Waals surface area contributed by atoms with Crippen LogP contribution >= 0.6 is 0 Å². The summed E-state index contributed by atoms with van der Waals surface area (Å²) in [4.78, 5) is 24.1. The third-order valence-electron chi connectivity index (χ3n) is 3.88. The van der Waals surface area contributed by atoms with E-state index < -0.39 is 27.1 Å². The van der Waals surface area contributed by atoms with E-state index in [-0.39, 0.29) is 36.9 Å². The number of hydrogen-bond acceptors (Lipinski definition) is 4. The van der Waals surface area contributed by atoms with Crippen LogP contribution in [0.2, 0.25) is 0 Å². The number of likely N-dealkylation sites (tertiary alicyclic amines) is 1. The average Bonchev–Trinajstić information content (AvgIpc) is 2.56. The van der Waals surface area contributed by atoms with Crippen LogP contribution in [0.4, 0.5) is 0 Å². The normalized spacial score (nSPS) is 35.4. The fraction of sp³-hybridized carbons (Fsp3) is 0.800. The smallest absolute Gasteiger partial charge is 0.311 e.